The first-order valence-corrected chi connectivity index (χ1v) is 11.4. The van der Waals surface area contributed by atoms with E-state index >= 15 is 0 Å². The highest BCUT2D eigenvalue weighted by Crippen LogP contribution is 2.29. The van der Waals surface area contributed by atoms with Gasteiger partial charge in [-0.2, -0.15) is 15.0 Å². The Balaban J connectivity index is 1.42. The van der Waals surface area contributed by atoms with Crippen molar-refractivity contribution in [1.29, 1.82) is 0 Å². The van der Waals surface area contributed by atoms with Crippen LogP contribution < -0.4 is 15.8 Å². The van der Waals surface area contributed by atoms with E-state index in [1.807, 2.05) is 112 Å². The summed E-state index contributed by atoms with van der Waals surface area (Å²) in [5.41, 5.74) is 6.65. The van der Waals surface area contributed by atoms with Crippen molar-refractivity contribution in [3.63, 3.8) is 0 Å². The number of aryl methyl sites for hydroxylation is 1. The lowest BCUT2D eigenvalue weighted by Gasteiger charge is -2.20. The van der Waals surface area contributed by atoms with Crippen molar-refractivity contribution in [3.05, 3.63) is 85.0 Å². The zero-order valence-electron chi connectivity index (χ0n) is 19.5. The summed E-state index contributed by atoms with van der Waals surface area (Å²) >= 11 is 0. The highest BCUT2D eigenvalue weighted by Gasteiger charge is 2.31. The molecule has 8 bridgehead atoms. The third-order valence-electron chi connectivity index (χ3n) is 6.03. The van der Waals surface area contributed by atoms with E-state index in [9.17, 15) is 0 Å². The van der Waals surface area contributed by atoms with Crippen LogP contribution in [-0.4, -0.2) is 48.8 Å². The minimum atomic E-state index is 0.425. The number of amidine groups is 1. The molecule has 0 amide bonds. The standard InChI is InChI=1S/C25H21N11/c1-33-14-19-22-30-23(32-36(22)17-11-7-4-8-12-17)31-25-26-18(13-34(25)2)21-28-20(29-24(33)27-19)15-35(21)16-9-5-3-6-10-16/h3-15H,1-2H3,(H,27,29)(H,26,31,32). The summed E-state index contributed by atoms with van der Waals surface area (Å²) in [6.45, 7) is 0. The van der Waals surface area contributed by atoms with Crippen LogP contribution in [0, 0.1) is 0 Å². The molecular weight excluding hydrogens is 454 g/mol. The van der Waals surface area contributed by atoms with Crippen molar-refractivity contribution in [2.75, 3.05) is 12.1 Å². The maximum atomic E-state index is 4.83. The molecule has 0 aliphatic carbocycles. The molecule has 7 rings (SSSR count). The fourth-order valence-electron chi connectivity index (χ4n) is 4.30. The molecule has 0 fully saturated rings. The first-order valence-electron chi connectivity index (χ1n) is 11.4. The molecule has 36 heavy (non-hydrogen) atoms. The van der Waals surface area contributed by atoms with Crippen LogP contribution in [0.1, 0.15) is 0 Å². The predicted octanol–water partition coefficient (Wildman–Crippen LogP) is 3.06. The molecular formula is C25H21N11. The number of para-hydroxylation sites is 2. The van der Waals surface area contributed by atoms with E-state index in [1.54, 1.807) is 0 Å². The van der Waals surface area contributed by atoms with Gasteiger partial charge < -0.3 is 14.8 Å². The summed E-state index contributed by atoms with van der Waals surface area (Å²) < 4.78 is 3.85. The van der Waals surface area contributed by atoms with Gasteiger partial charge in [-0.05, 0) is 24.3 Å². The van der Waals surface area contributed by atoms with Crippen LogP contribution in [0.3, 0.4) is 0 Å². The van der Waals surface area contributed by atoms with Crippen molar-refractivity contribution >= 4 is 35.2 Å². The Morgan fingerprint density at radius 1 is 0.778 bits per heavy atom. The number of hydrazine groups is 1. The molecule has 0 radical (unpaired) electrons. The first kappa shape index (κ1) is 20.2. The van der Waals surface area contributed by atoms with E-state index in [0.717, 1.165) is 17.1 Å². The molecule has 0 unspecified atom stereocenters. The number of nitrogens with one attached hydrogen (secondary N) is 2. The largest absolute Gasteiger partial charge is 0.321 e. The molecule has 11 heteroatoms. The summed E-state index contributed by atoms with van der Waals surface area (Å²) in [4.78, 5) is 25.9. The van der Waals surface area contributed by atoms with Gasteiger partial charge in [0.15, 0.2) is 17.5 Å². The maximum Gasteiger partial charge on any atom is 0.247 e. The number of aliphatic imine (C=N–C) groups is 3. The number of imidazole rings is 2. The summed E-state index contributed by atoms with van der Waals surface area (Å²) in [6.07, 6.45) is 5.77. The molecule has 0 saturated heterocycles. The number of guanidine groups is 2. The second kappa shape index (κ2) is 7.67. The van der Waals surface area contributed by atoms with Gasteiger partial charge in [0.2, 0.25) is 17.9 Å². The highest BCUT2D eigenvalue weighted by molar-refractivity contribution is 6.20. The number of hydrogen-bond donors (Lipinski definition) is 2. The van der Waals surface area contributed by atoms with Crippen LogP contribution in [0.15, 0.2) is 99.9 Å². The zero-order chi connectivity index (χ0) is 24.2. The van der Waals surface area contributed by atoms with E-state index in [2.05, 4.69) is 10.7 Å². The number of hydrogen-bond acceptors (Lipinski definition) is 9. The quantitative estimate of drug-likeness (QED) is 0.462. The molecule has 11 nitrogen and oxygen atoms in total. The molecule has 176 valence electrons. The molecule has 4 aromatic rings. The van der Waals surface area contributed by atoms with Crippen LogP contribution in [0.5, 0.6) is 0 Å². The van der Waals surface area contributed by atoms with Gasteiger partial charge >= 0.3 is 0 Å². The molecule has 2 N–H and O–H groups in total. The van der Waals surface area contributed by atoms with E-state index in [0.29, 0.717) is 41.0 Å². The average molecular weight is 476 g/mol. The number of anilines is 1. The Kier molecular flexibility index (Phi) is 4.30. The Hall–Kier alpha value is -5.19. The third-order valence-corrected chi connectivity index (χ3v) is 6.03. The van der Waals surface area contributed by atoms with Crippen LogP contribution in [0.2, 0.25) is 0 Å². The highest BCUT2D eigenvalue weighted by atomic mass is 15.6. The smallest absolute Gasteiger partial charge is 0.247 e. The van der Waals surface area contributed by atoms with Crippen molar-refractivity contribution in [3.8, 4) is 17.2 Å². The van der Waals surface area contributed by atoms with E-state index in [-0.39, 0.29) is 0 Å². The van der Waals surface area contributed by atoms with Crippen molar-refractivity contribution in [1.82, 2.24) is 34.7 Å². The van der Waals surface area contributed by atoms with E-state index < -0.39 is 0 Å². The van der Waals surface area contributed by atoms with Gasteiger partial charge in [-0.3, -0.25) is 9.99 Å². The second-order valence-electron chi connectivity index (χ2n) is 8.53. The summed E-state index contributed by atoms with van der Waals surface area (Å²) in [6, 6.07) is 20.0. The van der Waals surface area contributed by atoms with Gasteiger partial charge in [0.25, 0.3) is 0 Å². The fraction of sp³-hybridized carbons (Fsp3) is 0.0800. The molecule has 3 aliphatic rings. The van der Waals surface area contributed by atoms with Crippen LogP contribution in [0.4, 0.5) is 17.5 Å². The lowest BCUT2D eigenvalue weighted by Crippen LogP contribution is -2.42. The van der Waals surface area contributed by atoms with Gasteiger partial charge in [-0.15, -0.1) is 0 Å². The van der Waals surface area contributed by atoms with Crippen LogP contribution >= 0.6 is 0 Å². The molecule has 3 aliphatic heterocycles. The summed E-state index contributed by atoms with van der Waals surface area (Å²) in [7, 11) is 3.84. The Morgan fingerprint density at radius 2 is 1.53 bits per heavy atom. The third kappa shape index (κ3) is 3.25. The summed E-state index contributed by atoms with van der Waals surface area (Å²) in [5.74, 6) is 3.45. The number of aromatic nitrogens is 4. The Morgan fingerprint density at radius 3 is 2.31 bits per heavy atom. The average Bonchev–Trinajstić information content (AvgIpc) is 3.67. The normalized spacial score (nSPS) is 15.9. The number of fused-ring (bicyclic) bond motifs is 9. The summed E-state index contributed by atoms with van der Waals surface area (Å²) in [5, 5.41) is 5.28. The Bertz CT molecular complexity index is 1610. The van der Waals surface area contributed by atoms with Gasteiger partial charge in [-0.25, -0.2) is 15.0 Å². The van der Waals surface area contributed by atoms with Crippen molar-refractivity contribution in [2.24, 2.45) is 22.0 Å². The second-order valence-corrected chi connectivity index (χ2v) is 8.53. The molecule has 0 atom stereocenters. The number of nitrogens with zero attached hydrogens (tertiary/aromatic N) is 9. The van der Waals surface area contributed by atoms with Gasteiger partial charge in [0.05, 0.1) is 11.9 Å². The van der Waals surface area contributed by atoms with E-state index in [4.69, 9.17) is 24.9 Å². The van der Waals surface area contributed by atoms with Crippen molar-refractivity contribution < 1.29 is 0 Å². The monoisotopic (exact) mass is 475 g/mol. The predicted molar refractivity (Wildman–Crippen MR) is 138 cm³/mol. The van der Waals surface area contributed by atoms with Gasteiger partial charge in [0, 0.05) is 32.2 Å². The topological polar surface area (TPSA) is 103 Å². The molecule has 2 aromatic heterocycles. The fourth-order valence-corrected chi connectivity index (χ4v) is 4.30. The zero-order valence-corrected chi connectivity index (χ0v) is 19.5. The van der Waals surface area contributed by atoms with Crippen molar-refractivity contribution in [2.45, 2.75) is 0 Å². The molecule has 5 heterocycles. The van der Waals surface area contributed by atoms with Gasteiger partial charge in [0.1, 0.15) is 11.4 Å². The lowest BCUT2D eigenvalue weighted by molar-refractivity contribution is 0.693. The van der Waals surface area contributed by atoms with Crippen LogP contribution in [0.25, 0.3) is 17.2 Å². The number of benzene rings is 2. The Labute approximate surface area is 206 Å². The van der Waals surface area contributed by atoms with Gasteiger partial charge in [-0.1, -0.05) is 36.4 Å². The first-order chi connectivity index (χ1) is 17.6. The maximum absolute atomic E-state index is 4.83. The minimum absolute atomic E-state index is 0.425. The lowest BCUT2D eigenvalue weighted by atomic mass is 10.3. The minimum Gasteiger partial charge on any atom is -0.321 e. The molecule has 0 saturated carbocycles. The molecule has 2 aromatic carbocycles. The van der Waals surface area contributed by atoms with Crippen LogP contribution in [-0.2, 0) is 7.05 Å². The SMILES string of the molecule is CN1C=C2NC1=Nc1cn(-c3ccccc3)c(n1)-c1cn(C)c(n1)N=C1N=C2N(c2ccccc2)N1. The number of rotatable bonds is 2. The molecule has 0 spiro atoms. The van der Waals surface area contributed by atoms with E-state index in [1.165, 1.54) is 0 Å².